The molecular weight excluding hydrogens is 254 g/mol. The third-order valence-electron chi connectivity index (χ3n) is 4.69. The predicted octanol–water partition coefficient (Wildman–Crippen LogP) is 3.64. The summed E-state index contributed by atoms with van der Waals surface area (Å²) in [7, 11) is 0. The van der Waals surface area contributed by atoms with Gasteiger partial charge in [-0.3, -0.25) is 0 Å². The highest BCUT2D eigenvalue weighted by Crippen LogP contribution is 2.37. The zero-order chi connectivity index (χ0) is 13.2. The number of phenols is 1. The van der Waals surface area contributed by atoms with Crippen molar-refractivity contribution in [3.63, 3.8) is 0 Å². The standard InChI is InChI=1S/C16H23NOS/c1-19-12-7-5-11(6-8-12)17-15-10-9-14-13(15)3-2-4-16(14)18/h2-4,11-12,15,17-18H,5-10H2,1H3. The fraction of sp³-hybridized carbons (Fsp3) is 0.625. The third kappa shape index (κ3) is 2.77. The van der Waals surface area contributed by atoms with Crippen LogP contribution in [0.3, 0.4) is 0 Å². The van der Waals surface area contributed by atoms with Gasteiger partial charge >= 0.3 is 0 Å². The van der Waals surface area contributed by atoms with Crippen molar-refractivity contribution >= 4 is 11.8 Å². The van der Waals surface area contributed by atoms with Crippen molar-refractivity contribution in [3.05, 3.63) is 29.3 Å². The Labute approximate surface area is 120 Å². The van der Waals surface area contributed by atoms with Crippen molar-refractivity contribution < 1.29 is 5.11 Å². The zero-order valence-electron chi connectivity index (χ0n) is 11.6. The van der Waals surface area contributed by atoms with Crippen LogP contribution in [0, 0.1) is 0 Å². The van der Waals surface area contributed by atoms with Gasteiger partial charge in [-0.25, -0.2) is 0 Å². The van der Waals surface area contributed by atoms with Crippen LogP contribution in [0.5, 0.6) is 5.75 Å². The topological polar surface area (TPSA) is 32.3 Å². The monoisotopic (exact) mass is 277 g/mol. The normalized spacial score (nSPS) is 30.3. The van der Waals surface area contributed by atoms with Crippen molar-refractivity contribution in [2.24, 2.45) is 0 Å². The molecule has 0 bridgehead atoms. The second-order valence-corrected chi connectivity index (χ2v) is 6.95. The maximum atomic E-state index is 9.89. The van der Waals surface area contributed by atoms with Crippen LogP contribution in [0.1, 0.15) is 49.3 Å². The molecule has 1 unspecified atom stereocenters. The van der Waals surface area contributed by atoms with Gasteiger partial charge in [0, 0.05) is 17.3 Å². The molecule has 1 aromatic carbocycles. The predicted molar refractivity (Wildman–Crippen MR) is 81.9 cm³/mol. The van der Waals surface area contributed by atoms with E-state index >= 15 is 0 Å². The maximum Gasteiger partial charge on any atom is 0.119 e. The summed E-state index contributed by atoms with van der Waals surface area (Å²) >= 11 is 2.02. The van der Waals surface area contributed by atoms with E-state index < -0.39 is 0 Å². The molecule has 3 heteroatoms. The molecule has 104 valence electrons. The van der Waals surface area contributed by atoms with Gasteiger partial charge in [0.15, 0.2) is 0 Å². The Morgan fingerprint density at radius 2 is 1.95 bits per heavy atom. The summed E-state index contributed by atoms with van der Waals surface area (Å²) in [5, 5.41) is 14.6. The Morgan fingerprint density at radius 1 is 1.16 bits per heavy atom. The van der Waals surface area contributed by atoms with Gasteiger partial charge in [0.1, 0.15) is 5.75 Å². The summed E-state index contributed by atoms with van der Waals surface area (Å²) in [5.41, 5.74) is 2.49. The minimum absolute atomic E-state index is 0.456. The highest BCUT2D eigenvalue weighted by atomic mass is 32.2. The van der Waals surface area contributed by atoms with Crippen LogP contribution in [-0.2, 0) is 6.42 Å². The molecular formula is C16H23NOS. The molecule has 3 rings (SSSR count). The number of rotatable bonds is 3. The van der Waals surface area contributed by atoms with Crippen molar-refractivity contribution in [3.8, 4) is 5.75 Å². The number of aromatic hydroxyl groups is 1. The van der Waals surface area contributed by atoms with Gasteiger partial charge in [-0.2, -0.15) is 11.8 Å². The maximum absolute atomic E-state index is 9.89. The van der Waals surface area contributed by atoms with Crippen LogP contribution in [0.25, 0.3) is 0 Å². The SMILES string of the molecule is CSC1CCC(NC2CCc3c(O)cccc32)CC1. The van der Waals surface area contributed by atoms with Crippen LogP contribution in [-0.4, -0.2) is 22.7 Å². The summed E-state index contributed by atoms with van der Waals surface area (Å²) in [6.45, 7) is 0. The first-order valence-corrected chi connectivity index (χ1v) is 8.66. The molecule has 1 saturated carbocycles. The highest BCUT2D eigenvalue weighted by molar-refractivity contribution is 7.99. The van der Waals surface area contributed by atoms with Crippen molar-refractivity contribution in [1.29, 1.82) is 0 Å². The lowest BCUT2D eigenvalue weighted by molar-refractivity contribution is 0.342. The molecule has 0 aliphatic heterocycles. The summed E-state index contributed by atoms with van der Waals surface area (Å²) in [5.74, 6) is 0.480. The lowest BCUT2D eigenvalue weighted by atomic mass is 9.93. The Bertz CT molecular complexity index is 440. The van der Waals surface area contributed by atoms with E-state index in [1.54, 1.807) is 0 Å². The molecule has 1 aromatic rings. The first-order valence-electron chi connectivity index (χ1n) is 7.37. The number of fused-ring (bicyclic) bond motifs is 1. The lowest BCUT2D eigenvalue weighted by Crippen LogP contribution is -2.35. The van der Waals surface area contributed by atoms with E-state index in [9.17, 15) is 5.11 Å². The summed E-state index contributed by atoms with van der Waals surface area (Å²) in [6.07, 6.45) is 9.67. The molecule has 0 aromatic heterocycles. The molecule has 1 atom stereocenters. The van der Waals surface area contributed by atoms with Crippen LogP contribution in [0.4, 0.5) is 0 Å². The van der Waals surface area contributed by atoms with E-state index in [-0.39, 0.29) is 0 Å². The van der Waals surface area contributed by atoms with Gasteiger partial charge in [-0.15, -0.1) is 0 Å². The molecule has 2 aliphatic carbocycles. The summed E-state index contributed by atoms with van der Waals surface area (Å²) < 4.78 is 0. The fourth-order valence-corrected chi connectivity index (χ4v) is 4.30. The Kier molecular flexibility index (Phi) is 4.04. The summed E-state index contributed by atoms with van der Waals surface area (Å²) in [4.78, 5) is 0. The number of hydrogen-bond donors (Lipinski definition) is 2. The second-order valence-electron chi connectivity index (χ2n) is 5.81. The van der Waals surface area contributed by atoms with Gasteiger partial charge in [0.05, 0.1) is 0 Å². The second kappa shape index (κ2) is 5.76. The van der Waals surface area contributed by atoms with Crippen molar-refractivity contribution in [2.45, 2.75) is 55.9 Å². The zero-order valence-corrected chi connectivity index (χ0v) is 12.4. The number of nitrogens with one attached hydrogen (secondary N) is 1. The van der Waals surface area contributed by atoms with Gasteiger partial charge in [-0.1, -0.05) is 12.1 Å². The number of phenolic OH excluding ortho intramolecular Hbond substituents is 1. The van der Waals surface area contributed by atoms with E-state index in [4.69, 9.17) is 0 Å². The molecule has 0 spiro atoms. The number of thioether (sulfide) groups is 1. The molecule has 0 radical (unpaired) electrons. The molecule has 0 heterocycles. The molecule has 19 heavy (non-hydrogen) atoms. The first kappa shape index (κ1) is 13.3. The summed E-state index contributed by atoms with van der Waals surface area (Å²) in [6, 6.07) is 7.08. The van der Waals surface area contributed by atoms with Gasteiger partial charge < -0.3 is 10.4 Å². The van der Waals surface area contributed by atoms with Crippen LogP contribution < -0.4 is 5.32 Å². The van der Waals surface area contributed by atoms with Crippen LogP contribution in [0.15, 0.2) is 18.2 Å². The molecule has 2 aliphatic rings. The molecule has 2 nitrogen and oxygen atoms in total. The smallest absolute Gasteiger partial charge is 0.119 e. The lowest BCUT2D eigenvalue weighted by Gasteiger charge is -2.30. The van der Waals surface area contributed by atoms with E-state index in [1.165, 1.54) is 31.2 Å². The largest absolute Gasteiger partial charge is 0.508 e. The highest BCUT2D eigenvalue weighted by Gasteiger charge is 2.28. The van der Waals surface area contributed by atoms with E-state index in [0.717, 1.165) is 23.7 Å². The number of benzene rings is 1. The Morgan fingerprint density at radius 3 is 2.68 bits per heavy atom. The Balaban J connectivity index is 1.63. The van der Waals surface area contributed by atoms with Gasteiger partial charge in [-0.05, 0) is 62.0 Å². The minimum Gasteiger partial charge on any atom is -0.508 e. The van der Waals surface area contributed by atoms with Crippen LogP contribution in [0.2, 0.25) is 0 Å². The van der Waals surface area contributed by atoms with Crippen LogP contribution >= 0.6 is 11.8 Å². The Hall–Kier alpha value is -0.670. The molecule has 1 fully saturated rings. The fourth-order valence-electron chi connectivity index (χ4n) is 3.56. The molecule has 0 amide bonds. The van der Waals surface area contributed by atoms with E-state index in [1.807, 2.05) is 23.9 Å². The van der Waals surface area contributed by atoms with Crippen molar-refractivity contribution in [1.82, 2.24) is 5.32 Å². The molecule has 0 saturated heterocycles. The third-order valence-corrected chi connectivity index (χ3v) is 5.83. The average molecular weight is 277 g/mol. The minimum atomic E-state index is 0.456. The quantitative estimate of drug-likeness (QED) is 0.884. The van der Waals surface area contributed by atoms with Gasteiger partial charge in [0.2, 0.25) is 0 Å². The average Bonchev–Trinajstić information content (AvgIpc) is 2.84. The van der Waals surface area contributed by atoms with Crippen molar-refractivity contribution in [2.75, 3.05) is 6.26 Å². The van der Waals surface area contributed by atoms with Gasteiger partial charge in [0.25, 0.3) is 0 Å². The number of hydrogen-bond acceptors (Lipinski definition) is 3. The molecule has 2 N–H and O–H groups in total. The van der Waals surface area contributed by atoms with E-state index in [2.05, 4.69) is 17.6 Å². The van der Waals surface area contributed by atoms with E-state index in [0.29, 0.717) is 17.8 Å². The first-order chi connectivity index (χ1) is 9.28.